The molecule has 7 nitrogen and oxygen atoms in total. The normalized spacial score (nSPS) is 14.7. The van der Waals surface area contributed by atoms with E-state index in [1.165, 1.54) is 0 Å². The molecule has 33 heavy (non-hydrogen) atoms. The molecular weight excluding hydrogens is 414 g/mol. The van der Waals surface area contributed by atoms with Crippen LogP contribution in [-0.4, -0.2) is 63.3 Å². The number of carbonyl (C=O) groups is 1. The van der Waals surface area contributed by atoms with Gasteiger partial charge in [0.2, 0.25) is 5.91 Å². The van der Waals surface area contributed by atoms with Crippen molar-refractivity contribution in [3.8, 4) is 16.8 Å². The summed E-state index contributed by atoms with van der Waals surface area (Å²) in [6, 6.07) is 21.2. The minimum atomic E-state index is -0.207. The first kappa shape index (κ1) is 21.2. The van der Waals surface area contributed by atoms with Crippen LogP contribution >= 0.6 is 0 Å². The van der Waals surface area contributed by atoms with E-state index in [9.17, 15) is 9.59 Å². The Labute approximate surface area is 192 Å². The molecule has 0 aliphatic carbocycles. The van der Waals surface area contributed by atoms with E-state index in [1.54, 1.807) is 15.3 Å². The van der Waals surface area contributed by atoms with E-state index in [0.29, 0.717) is 18.7 Å². The average molecular weight is 442 g/mol. The van der Waals surface area contributed by atoms with Gasteiger partial charge in [0, 0.05) is 37.6 Å². The van der Waals surface area contributed by atoms with Crippen LogP contribution in [0.25, 0.3) is 27.8 Å². The van der Waals surface area contributed by atoms with Crippen molar-refractivity contribution in [1.29, 1.82) is 0 Å². The molecule has 1 saturated heterocycles. The first-order valence-electron chi connectivity index (χ1n) is 11.2. The Morgan fingerprint density at radius 2 is 1.58 bits per heavy atom. The second-order valence-corrected chi connectivity index (χ2v) is 8.56. The van der Waals surface area contributed by atoms with E-state index in [1.807, 2.05) is 72.5 Å². The first-order valence-corrected chi connectivity index (χ1v) is 11.2. The molecule has 1 amide bonds. The molecule has 0 radical (unpaired) electrons. The molecule has 0 saturated carbocycles. The van der Waals surface area contributed by atoms with Crippen molar-refractivity contribution in [2.45, 2.75) is 13.5 Å². The molecule has 0 bridgehead atoms. The number of likely N-dealkylation sites (N-methyl/N-ethyl adjacent to an activating group) is 1. The van der Waals surface area contributed by atoms with Gasteiger partial charge in [-0.2, -0.15) is 5.10 Å². The van der Waals surface area contributed by atoms with Crippen LogP contribution in [0.3, 0.4) is 0 Å². The minimum absolute atomic E-state index is 0.00785. The molecule has 0 spiro atoms. The summed E-state index contributed by atoms with van der Waals surface area (Å²) < 4.78 is 3.37. The maximum Gasteiger partial charge on any atom is 0.253 e. The van der Waals surface area contributed by atoms with Gasteiger partial charge in [-0.3, -0.25) is 14.2 Å². The predicted molar refractivity (Wildman–Crippen MR) is 130 cm³/mol. The summed E-state index contributed by atoms with van der Waals surface area (Å²) in [6.07, 6.45) is 0. The third kappa shape index (κ3) is 3.96. The van der Waals surface area contributed by atoms with Crippen LogP contribution in [0.15, 0.2) is 71.5 Å². The molecule has 168 valence electrons. The summed E-state index contributed by atoms with van der Waals surface area (Å²) in [7, 11) is 2.05. The third-order valence-corrected chi connectivity index (χ3v) is 6.33. The average Bonchev–Trinajstić information content (AvgIpc) is 3.19. The molecule has 1 aliphatic heterocycles. The van der Waals surface area contributed by atoms with Crippen LogP contribution in [0.4, 0.5) is 0 Å². The smallest absolute Gasteiger partial charge is 0.253 e. The van der Waals surface area contributed by atoms with Crippen molar-refractivity contribution >= 4 is 16.9 Å². The molecule has 0 unspecified atom stereocenters. The quantitative estimate of drug-likeness (QED) is 0.489. The van der Waals surface area contributed by atoms with Gasteiger partial charge in [-0.25, -0.2) is 4.68 Å². The topological polar surface area (TPSA) is 63.4 Å². The lowest BCUT2D eigenvalue weighted by atomic mass is 10.0. The van der Waals surface area contributed by atoms with Gasteiger partial charge in [0.25, 0.3) is 5.56 Å². The fraction of sp³-hybridized carbons (Fsp3) is 0.269. The van der Waals surface area contributed by atoms with Gasteiger partial charge in [0.05, 0.1) is 11.4 Å². The number of amides is 1. The maximum atomic E-state index is 13.4. The lowest BCUT2D eigenvalue weighted by molar-refractivity contribution is -0.133. The fourth-order valence-electron chi connectivity index (χ4n) is 4.50. The van der Waals surface area contributed by atoms with E-state index < -0.39 is 0 Å². The molecule has 5 rings (SSSR count). The number of aryl methyl sites for hydroxylation is 1. The van der Waals surface area contributed by atoms with Crippen LogP contribution in [0.2, 0.25) is 0 Å². The van der Waals surface area contributed by atoms with E-state index in [-0.39, 0.29) is 18.0 Å². The summed E-state index contributed by atoms with van der Waals surface area (Å²) in [5.74, 6) is -0.0441. The fourth-order valence-corrected chi connectivity index (χ4v) is 4.50. The van der Waals surface area contributed by atoms with E-state index in [2.05, 4.69) is 11.9 Å². The zero-order chi connectivity index (χ0) is 22.9. The van der Waals surface area contributed by atoms with E-state index in [0.717, 1.165) is 41.0 Å². The highest BCUT2D eigenvalue weighted by Gasteiger charge is 2.24. The Hall–Kier alpha value is -3.71. The minimum Gasteiger partial charge on any atom is -0.339 e. The monoisotopic (exact) mass is 441 g/mol. The number of pyridine rings is 1. The number of fused-ring (bicyclic) bond motifs is 1. The summed E-state index contributed by atoms with van der Waals surface area (Å²) in [4.78, 5) is 30.7. The van der Waals surface area contributed by atoms with E-state index in [4.69, 9.17) is 5.10 Å². The summed E-state index contributed by atoms with van der Waals surface area (Å²) in [5.41, 5.74) is 3.88. The Morgan fingerprint density at radius 3 is 2.24 bits per heavy atom. The zero-order valence-corrected chi connectivity index (χ0v) is 18.9. The molecule has 0 N–H and O–H groups in total. The first-order chi connectivity index (χ1) is 16.0. The molecule has 3 heterocycles. The van der Waals surface area contributed by atoms with Gasteiger partial charge in [-0.1, -0.05) is 48.5 Å². The molecule has 1 aliphatic rings. The summed E-state index contributed by atoms with van der Waals surface area (Å²) >= 11 is 0. The van der Waals surface area contributed by atoms with Crippen molar-refractivity contribution in [2.24, 2.45) is 0 Å². The number of nitrogens with zero attached hydrogens (tertiary/aromatic N) is 5. The number of hydrogen-bond donors (Lipinski definition) is 0. The number of piperazine rings is 1. The van der Waals surface area contributed by atoms with E-state index >= 15 is 0 Å². The second-order valence-electron chi connectivity index (χ2n) is 8.56. The Balaban J connectivity index is 1.70. The van der Waals surface area contributed by atoms with Gasteiger partial charge in [-0.05, 0) is 37.2 Å². The van der Waals surface area contributed by atoms with Crippen molar-refractivity contribution < 1.29 is 4.79 Å². The van der Waals surface area contributed by atoms with Crippen LogP contribution in [0, 0.1) is 6.92 Å². The highest BCUT2D eigenvalue weighted by Crippen LogP contribution is 2.31. The van der Waals surface area contributed by atoms with Gasteiger partial charge in [0.15, 0.2) is 0 Å². The third-order valence-electron chi connectivity index (χ3n) is 6.33. The number of benzene rings is 2. The Bertz CT molecular complexity index is 1350. The molecular formula is C26H27N5O2. The molecule has 7 heteroatoms. The van der Waals surface area contributed by atoms with Gasteiger partial charge < -0.3 is 9.80 Å². The number of hydrogen-bond acceptors (Lipinski definition) is 4. The van der Waals surface area contributed by atoms with Gasteiger partial charge in [0.1, 0.15) is 12.2 Å². The highest BCUT2D eigenvalue weighted by molar-refractivity contribution is 5.96. The van der Waals surface area contributed by atoms with Crippen LogP contribution in [0.1, 0.15) is 5.69 Å². The molecule has 2 aromatic carbocycles. The Morgan fingerprint density at radius 1 is 0.939 bits per heavy atom. The summed E-state index contributed by atoms with van der Waals surface area (Å²) in [5, 5.41) is 5.69. The largest absolute Gasteiger partial charge is 0.339 e. The number of carbonyl (C=O) groups excluding carboxylic acids is 1. The number of para-hydroxylation sites is 1. The molecule has 2 aromatic heterocycles. The molecule has 0 atom stereocenters. The molecule has 1 fully saturated rings. The summed E-state index contributed by atoms with van der Waals surface area (Å²) in [6.45, 7) is 4.96. The Kier molecular flexibility index (Phi) is 5.56. The van der Waals surface area contributed by atoms with Crippen LogP contribution in [0.5, 0.6) is 0 Å². The van der Waals surface area contributed by atoms with Crippen molar-refractivity contribution in [1.82, 2.24) is 24.1 Å². The standard InChI is InChI=1S/C26H27N5O2/c1-19-25-22(20-9-5-3-6-10-20)17-23(32)30(18-24(33)29-15-13-28(2)14-16-29)26(25)31(27-19)21-11-7-4-8-12-21/h3-12,17H,13-16,18H2,1-2H3. The van der Waals surface area contributed by atoms with Gasteiger partial charge >= 0.3 is 0 Å². The van der Waals surface area contributed by atoms with Crippen molar-refractivity contribution in [3.63, 3.8) is 0 Å². The van der Waals surface area contributed by atoms with Gasteiger partial charge in [-0.15, -0.1) is 0 Å². The SMILES string of the molecule is Cc1nn(-c2ccccc2)c2c1c(-c1ccccc1)cc(=O)n2CC(=O)N1CCN(C)CC1. The number of rotatable bonds is 4. The number of aromatic nitrogens is 3. The lowest BCUT2D eigenvalue weighted by Crippen LogP contribution is -2.48. The highest BCUT2D eigenvalue weighted by atomic mass is 16.2. The van der Waals surface area contributed by atoms with Crippen molar-refractivity contribution in [3.05, 3.63) is 82.8 Å². The second kappa shape index (κ2) is 8.67. The zero-order valence-electron chi connectivity index (χ0n) is 18.9. The van der Waals surface area contributed by atoms with Crippen LogP contribution < -0.4 is 5.56 Å². The van der Waals surface area contributed by atoms with Crippen molar-refractivity contribution in [2.75, 3.05) is 33.2 Å². The molecule has 4 aromatic rings. The van der Waals surface area contributed by atoms with Crippen LogP contribution in [-0.2, 0) is 11.3 Å². The lowest BCUT2D eigenvalue weighted by Gasteiger charge is -2.32. The maximum absolute atomic E-state index is 13.4. The predicted octanol–water partition coefficient (Wildman–Crippen LogP) is 2.94.